The molecule has 2 rings (SSSR count). The first-order chi connectivity index (χ1) is 9.27. The summed E-state index contributed by atoms with van der Waals surface area (Å²) in [5.74, 6) is -0.350. The lowest BCUT2D eigenvalue weighted by atomic mass is 10.1. The van der Waals surface area contributed by atoms with E-state index in [1.54, 1.807) is 42.5 Å². The molecule has 0 saturated carbocycles. The molecule has 3 heteroatoms. The number of benzene rings is 2. The van der Waals surface area contributed by atoms with Crippen LogP contribution in [0.1, 0.15) is 15.9 Å². The quantitative estimate of drug-likeness (QED) is 0.616. The van der Waals surface area contributed by atoms with Crippen molar-refractivity contribution >= 4 is 17.7 Å². The predicted octanol–water partition coefficient (Wildman–Crippen LogP) is 3.46. The summed E-state index contributed by atoms with van der Waals surface area (Å²) in [6.45, 7) is 3.69. The van der Waals surface area contributed by atoms with Crippen LogP contribution in [0.4, 0.5) is 5.69 Å². The Hall–Kier alpha value is -2.86. The van der Waals surface area contributed by atoms with Gasteiger partial charge in [-0.15, -0.1) is 0 Å². The van der Waals surface area contributed by atoms with Gasteiger partial charge >= 0.3 is 0 Å². The summed E-state index contributed by atoms with van der Waals surface area (Å²) in [4.78, 5) is 13.4. The molecule has 0 unspecified atom stereocenters. The molecule has 0 fully saturated rings. The van der Waals surface area contributed by atoms with E-state index < -0.39 is 0 Å². The van der Waals surface area contributed by atoms with Crippen molar-refractivity contribution in [2.24, 2.45) is 0 Å². The maximum atomic E-state index is 12.3. The number of rotatable bonds is 3. The average Bonchev–Trinajstić information content (AvgIpc) is 2.49. The summed E-state index contributed by atoms with van der Waals surface area (Å²) in [5, 5.41) is 9.25. The van der Waals surface area contributed by atoms with Gasteiger partial charge in [-0.2, -0.15) is 5.26 Å². The van der Waals surface area contributed by atoms with E-state index in [0.717, 1.165) is 10.5 Å². The zero-order valence-electron chi connectivity index (χ0n) is 10.3. The molecular formula is C16H12N2O. The highest BCUT2D eigenvalue weighted by Crippen LogP contribution is 2.22. The Morgan fingerprint density at radius 3 is 2.37 bits per heavy atom. The van der Waals surface area contributed by atoms with Crippen molar-refractivity contribution in [2.45, 2.75) is 0 Å². The molecule has 0 N–H and O–H groups in total. The van der Waals surface area contributed by atoms with Crippen LogP contribution < -0.4 is 4.90 Å². The summed E-state index contributed by atoms with van der Waals surface area (Å²) in [6, 6.07) is 15.9. The highest BCUT2D eigenvalue weighted by molar-refractivity contribution is 6.08. The molecule has 2 aromatic carbocycles. The van der Waals surface area contributed by atoms with Crippen molar-refractivity contribution in [2.75, 3.05) is 4.90 Å². The van der Waals surface area contributed by atoms with Crippen molar-refractivity contribution in [3.63, 3.8) is 0 Å². The van der Waals surface area contributed by atoms with Crippen LogP contribution >= 0.6 is 0 Å². The van der Waals surface area contributed by atoms with Crippen LogP contribution in [-0.2, 0) is 0 Å². The van der Waals surface area contributed by atoms with Crippen LogP contribution in [0.5, 0.6) is 0 Å². The smallest absolute Gasteiger partial charge is 0.268 e. The van der Waals surface area contributed by atoms with Gasteiger partial charge < -0.3 is 0 Å². The van der Waals surface area contributed by atoms with Crippen LogP contribution in [0, 0.1) is 11.5 Å². The third-order valence-electron chi connectivity index (χ3n) is 2.72. The van der Waals surface area contributed by atoms with Crippen LogP contribution in [0.15, 0.2) is 61.2 Å². The first-order valence-electron chi connectivity index (χ1n) is 5.78. The Labute approximate surface area is 112 Å². The van der Waals surface area contributed by atoms with Crippen LogP contribution in [0.25, 0.3) is 6.08 Å². The zero-order chi connectivity index (χ0) is 13.7. The molecule has 0 aliphatic heterocycles. The highest BCUT2D eigenvalue weighted by Gasteiger charge is 2.18. The number of carbonyl (C=O) groups excluding carboxylic acids is 1. The van der Waals surface area contributed by atoms with Crippen molar-refractivity contribution in [3.8, 4) is 6.19 Å². The molecule has 0 spiro atoms. The van der Waals surface area contributed by atoms with E-state index >= 15 is 0 Å². The molecule has 3 nitrogen and oxygen atoms in total. The van der Waals surface area contributed by atoms with Gasteiger partial charge in [0.1, 0.15) is 0 Å². The monoisotopic (exact) mass is 248 g/mol. The van der Waals surface area contributed by atoms with Gasteiger partial charge in [-0.3, -0.25) is 4.79 Å². The van der Waals surface area contributed by atoms with Crippen LogP contribution in [0.3, 0.4) is 0 Å². The van der Waals surface area contributed by atoms with E-state index in [1.807, 2.05) is 24.4 Å². The van der Waals surface area contributed by atoms with Gasteiger partial charge in [-0.1, -0.05) is 49.1 Å². The minimum absolute atomic E-state index is 0.350. The summed E-state index contributed by atoms with van der Waals surface area (Å²) >= 11 is 0. The topological polar surface area (TPSA) is 44.1 Å². The minimum Gasteiger partial charge on any atom is -0.268 e. The Morgan fingerprint density at radius 1 is 1.11 bits per heavy atom. The first-order valence-corrected chi connectivity index (χ1v) is 5.78. The van der Waals surface area contributed by atoms with E-state index in [9.17, 15) is 10.1 Å². The maximum absolute atomic E-state index is 12.3. The second kappa shape index (κ2) is 5.65. The number of hydrogen-bond donors (Lipinski definition) is 0. The lowest BCUT2D eigenvalue weighted by molar-refractivity contribution is 0.0999. The second-order valence-electron chi connectivity index (χ2n) is 3.87. The molecule has 0 aliphatic rings. The van der Waals surface area contributed by atoms with Gasteiger partial charge in [0.15, 0.2) is 6.19 Å². The standard InChI is InChI=1S/C16H12N2O/c1-2-13-8-6-7-11-15(13)18(12-17)16(19)14-9-4-3-5-10-14/h2-11H,1H2. The Kier molecular flexibility index (Phi) is 3.75. The molecule has 0 radical (unpaired) electrons. The summed E-state index contributed by atoms with van der Waals surface area (Å²) in [6.07, 6.45) is 3.55. The number of hydrogen-bond acceptors (Lipinski definition) is 2. The number of nitrogens with zero attached hydrogens (tertiary/aromatic N) is 2. The second-order valence-corrected chi connectivity index (χ2v) is 3.87. The van der Waals surface area contributed by atoms with Gasteiger partial charge in [-0.25, -0.2) is 4.90 Å². The molecule has 0 saturated heterocycles. The molecule has 0 heterocycles. The minimum atomic E-state index is -0.350. The molecular weight excluding hydrogens is 236 g/mol. The first kappa shape index (κ1) is 12.6. The molecule has 19 heavy (non-hydrogen) atoms. The number of nitriles is 1. The fraction of sp³-hybridized carbons (Fsp3) is 0. The Morgan fingerprint density at radius 2 is 1.74 bits per heavy atom. The van der Waals surface area contributed by atoms with Crippen LogP contribution in [0.2, 0.25) is 0 Å². The molecule has 0 aromatic heterocycles. The summed E-state index contributed by atoms with van der Waals surface area (Å²) in [7, 11) is 0. The van der Waals surface area contributed by atoms with Gasteiger partial charge in [0, 0.05) is 5.56 Å². The summed E-state index contributed by atoms with van der Waals surface area (Å²) in [5.41, 5.74) is 1.75. The fourth-order valence-electron chi connectivity index (χ4n) is 1.78. The molecule has 0 aliphatic carbocycles. The molecule has 1 amide bonds. The lowest BCUT2D eigenvalue weighted by Crippen LogP contribution is -2.26. The van der Waals surface area contributed by atoms with Gasteiger partial charge in [0.25, 0.3) is 5.91 Å². The number of anilines is 1. The molecule has 92 valence electrons. The van der Waals surface area contributed by atoms with Crippen molar-refractivity contribution in [1.82, 2.24) is 0 Å². The Bertz CT molecular complexity index is 641. The zero-order valence-corrected chi connectivity index (χ0v) is 10.3. The lowest BCUT2D eigenvalue weighted by Gasteiger charge is -2.16. The van der Waals surface area contributed by atoms with E-state index in [-0.39, 0.29) is 5.91 Å². The van der Waals surface area contributed by atoms with Gasteiger partial charge in [0.05, 0.1) is 5.69 Å². The van der Waals surface area contributed by atoms with E-state index in [2.05, 4.69) is 6.58 Å². The number of carbonyl (C=O) groups is 1. The van der Waals surface area contributed by atoms with Crippen molar-refractivity contribution in [1.29, 1.82) is 5.26 Å². The third-order valence-corrected chi connectivity index (χ3v) is 2.72. The summed E-state index contributed by atoms with van der Waals surface area (Å²) < 4.78 is 0. The highest BCUT2D eigenvalue weighted by atomic mass is 16.2. The number of para-hydroxylation sites is 1. The molecule has 0 atom stereocenters. The normalized spacial score (nSPS) is 9.42. The predicted molar refractivity (Wildman–Crippen MR) is 75.4 cm³/mol. The Balaban J connectivity index is 2.44. The fourth-order valence-corrected chi connectivity index (χ4v) is 1.78. The maximum Gasteiger partial charge on any atom is 0.271 e. The van der Waals surface area contributed by atoms with Crippen molar-refractivity contribution < 1.29 is 4.79 Å². The molecule has 2 aromatic rings. The van der Waals surface area contributed by atoms with Gasteiger partial charge in [-0.05, 0) is 23.8 Å². The average molecular weight is 248 g/mol. The largest absolute Gasteiger partial charge is 0.271 e. The van der Waals surface area contributed by atoms with Crippen LogP contribution in [-0.4, -0.2) is 5.91 Å². The van der Waals surface area contributed by atoms with Gasteiger partial charge in [0.2, 0.25) is 0 Å². The van der Waals surface area contributed by atoms with E-state index in [1.165, 1.54) is 0 Å². The van der Waals surface area contributed by atoms with Crippen molar-refractivity contribution in [3.05, 3.63) is 72.3 Å². The SMILES string of the molecule is C=Cc1ccccc1N(C#N)C(=O)c1ccccc1. The third kappa shape index (κ3) is 2.53. The number of amides is 1. The van der Waals surface area contributed by atoms with E-state index in [0.29, 0.717) is 11.3 Å². The molecule has 0 bridgehead atoms. The van der Waals surface area contributed by atoms with E-state index in [4.69, 9.17) is 0 Å².